The van der Waals surface area contributed by atoms with Crippen molar-refractivity contribution in [1.82, 2.24) is 0 Å². The molecular formula is C14H12N2O3S. The summed E-state index contributed by atoms with van der Waals surface area (Å²) in [7, 11) is -3.71. The third-order valence-corrected chi connectivity index (χ3v) is 4.13. The third kappa shape index (κ3) is 2.90. The highest BCUT2D eigenvalue weighted by molar-refractivity contribution is 7.92. The first-order valence-electron chi connectivity index (χ1n) is 5.75. The Morgan fingerprint density at radius 1 is 1.15 bits per heavy atom. The van der Waals surface area contributed by atoms with Gasteiger partial charge in [0.2, 0.25) is 0 Å². The second kappa shape index (κ2) is 5.23. The fraction of sp³-hybridized carbons (Fsp3) is 0.0714. The number of anilines is 1. The number of aryl methyl sites for hydroxylation is 1. The van der Waals surface area contributed by atoms with Gasteiger partial charge >= 0.3 is 0 Å². The van der Waals surface area contributed by atoms with Crippen LogP contribution in [0.3, 0.4) is 0 Å². The van der Waals surface area contributed by atoms with Crippen LogP contribution in [-0.4, -0.2) is 13.5 Å². The number of benzene rings is 2. The van der Waals surface area contributed by atoms with E-state index < -0.39 is 10.0 Å². The Bertz CT molecular complexity index is 775. The van der Waals surface area contributed by atoms with Gasteiger partial charge in [-0.25, -0.2) is 8.42 Å². The molecule has 0 aliphatic heterocycles. The van der Waals surface area contributed by atoms with E-state index in [4.69, 9.17) is 10.4 Å². The first-order valence-corrected chi connectivity index (χ1v) is 7.23. The van der Waals surface area contributed by atoms with Gasteiger partial charge in [-0.2, -0.15) is 5.26 Å². The summed E-state index contributed by atoms with van der Waals surface area (Å²) in [5.74, 6) is 0.0576. The number of phenols is 1. The van der Waals surface area contributed by atoms with Crippen LogP contribution in [0, 0.1) is 18.3 Å². The van der Waals surface area contributed by atoms with E-state index in [1.807, 2.05) is 6.07 Å². The Labute approximate surface area is 117 Å². The van der Waals surface area contributed by atoms with E-state index in [-0.39, 0.29) is 10.6 Å². The predicted molar refractivity (Wildman–Crippen MR) is 74.8 cm³/mol. The Hall–Kier alpha value is -2.52. The van der Waals surface area contributed by atoms with Crippen LogP contribution in [0.15, 0.2) is 47.4 Å². The number of sulfonamides is 1. The van der Waals surface area contributed by atoms with E-state index in [9.17, 15) is 8.42 Å². The van der Waals surface area contributed by atoms with Crippen molar-refractivity contribution in [2.24, 2.45) is 0 Å². The molecule has 0 atom stereocenters. The number of phenolic OH excluding ortho intramolecular Hbond substituents is 1. The summed E-state index contributed by atoms with van der Waals surface area (Å²) < 4.78 is 26.8. The van der Waals surface area contributed by atoms with Gasteiger partial charge in [0.25, 0.3) is 10.0 Å². The molecule has 2 N–H and O–H groups in total. The fourth-order valence-electron chi connectivity index (χ4n) is 1.67. The van der Waals surface area contributed by atoms with Crippen molar-refractivity contribution >= 4 is 15.7 Å². The molecule has 0 saturated heterocycles. The molecule has 0 heterocycles. The van der Waals surface area contributed by atoms with Crippen LogP contribution in [0.1, 0.15) is 11.1 Å². The zero-order valence-corrected chi connectivity index (χ0v) is 11.5. The summed E-state index contributed by atoms with van der Waals surface area (Å²) in [6.07, 6.45) is 0. The molecule has 2 rings (SSSR count). The predicted octanol–water partition coefficient (Wildman–Crippen LogP) is 2.37. The zero-order valence-electron chi connectivity index (χ0n) is 10.7. The third-order valence-electron chi connectivity index (χ3n) is 2.75. The van der Waals surface area contributed by atoms with E-state index in [1.54, 1.807) is 6.92 Å². The van der Waals surface area contributed by atoms with Gasteiger partial charge in [0.15, 0.2) is 0 Å². The molecule has 102 valence electrons. The molecule has 0 radical (unpaired) electrons. The molecule has 0 aliphatic rings. The maximum Gasteiger partial charge on any atom is 0.261 e. The van der Waals surface area contributed by atoms with E-state index in [2.05, 4.69) is 4.72 Å². The SMILES string of the molecule is Cc1cc(S(=O)(=O)Nc2ccc(O)cc2)ccc1C#N. The molecule has 6 heteroatoms. The molecule has 0 spiro atoms. The number of nitriles is 1. The van der Waals surface area contributed by atoms with E-state index >= 15 is 0 Å². The van der Waals surface area contributed by atoms with Crippen molar-refractivity contribution in [3.63, 3.8) is 0 Å². The summed E-state index contributed by atoms with van der Waals surface area (Å²) in [6.45, 7) is 1.68. The summed E-state index contributed by atoms with van der Waals surface area (Å²) in [5.41, 5.74) is 1.39. The first kappa shape index (κ1) is 13.9. The van der Waals surface area contributed by atoms with Gasteiger partial charge in [0.05, 0.1) is 16.5 Å². The maximum atomic E-state index is 12.2. The molecule has 0 aromatic heterocycles. The van der Waals surface area contributed by atoms with Gasteiger partial charge in [-0.15, -0.1) is 0 Å². The number of nitrogens with one attached hydrogen (secondary N) is 1. The zero-order chi connectivity index (χ0) is 14.8. The van der Waals surface area contributed by atoms with E-state index in [0.29, 0.717) is 16.8 Å². The van der Waals surface area contributed by atoms with Crippen molar-refractivity contribution in [3.8, 4) is 11.8 Å². The van der Waals surface area contributed by atoms with E-state index in [0.717, 1.165) is 0 Å². The first-order chi connectivity index (χ1) is 9.42. The quantitative estimate of drug-likeness (QED) is 0.848. The number of hydrogen-bond acceptors (Lipinski definition) is 4. The van der Waals surface area contributed by atoms with Crippen molar-refractivity contribution < 1.29 is 13.5 Å². The molecule has 20 heavy (non-hydrogen) atoms. The largest absolute Gasteiger partial charge is 0.508 e. The molecule has 0 bridgehead atoms. The van der Waals surface area contributed by atoms with Gasteiger partial charge in [-0.3, -0.25) is 4.72 Å². The van der Waals surface area contributed by atoms with Gasteiger partial charge in [0, 0.05) is 5.69 Å². The highest BCUT2D eigenvalue weighted by Gasteiger charge is 2.15. The Balaban J connectivity index is 2.33. The molecule has 5 nitrogen and oxygen atoms in total. The van der Waals surface area contributed by atoms with Crippen LogP contribution in [0.5, 0.6) is 5.75 Å². The summed E-state index contributed by atoms with van der Waals surface area (Å²) in [4.78, 5) is 0.0853. The molecule has 0 unspecified atom stereocenters. The van der Waals surface area contributed by atoms with E-state index in [1.165, 1.54) is 42.5 Å². The van der Waals surface area contributed by atoms with Crippen molar-refractivity contribution in [2.45, 2.75) is 11.8 Å². The lowest BCUT2D eigenvalue weighted by molar-refractivity contribution is 0.475. The van der Waals surface area contributed by atoms with Crippen LogP contribution in [0.25, 0.3) is 0 Å². The highest BCUT2D eigenvalue weighted by Crippen LogP contribution is 2.20. The Morgan fingerprint density at radius 2 is 1.80 bits per heavy atom. The van der Waals surface area contributed by atoms with Crippen LogP contribution in [-0.2, 0) is 10.0 Å². The molecular weight excluding hydrogens is 276 g/mol. The van der Waals surface area contributed by atoms with Crippen LogP contribution in [0.2, 0.25) is 0 Å². The minimum absolute atomic E-state index is 0.0576. The maximum absolute atomic E-state index is 12.2. The molecule has 2 aromatic carbocycles. The molecule has 0 aliphatic carbocycles. The standard InChI is InChI=1S/C14H12N2O3S/c1-10-8-14(7-2-11(10)9-15)20(18,19)16-12-3-5-13(17)6-4-12/h2-8,16-17H,1H3. The lowest BCUT2D eigenvalue weighted by Crippen LogP contribution is -2.13. The lowest BCUT2D eigenvalue weighted by atomic mass is 10.1. The Kier molecular flexibility index (Phi) is 3.63. The smallest absolute Gasteiger partial charge is 0.261 e. The average molecular weight is 288 g/mol. The van der Waals surface area contributed by atoms with Crippen LogP contribution < -0.4 is 4.72 Å². The minimum Gasteiger partial charge on any atom is -0.508 e. The van der Waals surface area contributed by atoms with Crippen LogP contribution >= 0.6 is 0 Å². The lowest BCUT2D eigenvalue weighted by Gasteiger charge is -2.09. The van der Waals surface area contributed by atoms with Gasteiger partial charge in [0.1, 0.15) is 5.75 Å². The van der Waals surface area contributed by atoms with Crippen molar-refractivity contribution in [3.05, 3.63) is 53.6 Å². The van der Waals surface area contributed by atoms with Crippen LogP contribution in [0.4, 0.5) is 5.69 Å². The average Bonchev–Trinajstić information content (AvgIpc) is 2.41. The summed E-state index contributed by atoms with van der Waals surface area (Å²) in [6, 6.07) is 12.0. The molecule has 2 aromatic rings. The molecule has 0 amide bonds. The topological polar surface area (TPSA) is 90.2 Å². The normalized spacial score (nSPS) is 10.8. The summed E-state index contributed by atoms with van der Waals surface area (Å²) >= 11 is 0. The number of hydrogen-bond donors (Lipinski definition) is 2. The second-order valence-corrected chi connectivity index (χ2v) is 5.92. The second-order valence-electron chi connectivity index (χ2n) is 4.24. The Morgan fingerprint density at radius 3 is 2.35 bits per heavy atom. The minimum atomic E-state index is -3.71. The highest BCUT2D eigenvalue weighted by atomic mass is 32.2. The van der Waals surface area contributed by atoms with Crippen molar-refractivity contribution in [1.29, 1.82) is 5.26 Å². The van der Waals surface area contributed by atoms with Gasteiger partial charge in [-0.05, 0) is 55.0 Å². The molecule has 0 saturated carbocycles. The number of rotatable bonds is 3. The van der Waals surface area contributed by atoms with Crippen molar-refractivity contribution in [2.75, 3.05) is 4.72 Å². The molecule has 0 fully saturated rings. The monoisotopic (exact) mass is 288 g/mol. The fourth-order valence-corrected chi connectivity index (χ4v) is 2.82. The number of aromatic hydroxyl groups is 1. The van der Waals surface area contributed by atoms with Gasteiger partial charge in [-0.1, -0.05) is 0 Å². The van der Waals surface area contributed by atoms with Gasteiger partial charge < -0.3 is 5.11 Å². The summed E-state index contributed by atoms with van der Waals surface area (Å²) in [5, 5.41) is 18.0. The number of nitrogens with zero attached hydrogens (tertiary/aromatic N) is 1.